The molecular formula is C20H23O4P. The number of fused-ring (bicyclic) bond motifs is 2. The zero-order chi connectivity index (χ0) is 17.3. The van der Waals surface area contributed by atoms with Crippen LogP contribution in [-0.4, -0.2) is 18.8 Å². The largest absolute Gasteiger partial charge is 0.475 e. The van der Waals surface area contributed by atoms with E-state index in [1.54, 1.807) is 0 Å². The van der Waals surface area contributed by atoms with Gasteiger partial charge in [-0.3, -0.25) is 13.6 Å². The van der Waals surface area contributed by atoms with Crippen molar-refractivity contribution in [2.24, 2.45) is 0 Å². The van der Waals surface area contributed by atoms with E-state index in [0.29, 0.717) is 6.61 Å². The molecule has 0 aromatic heterocycles. The van der Waals surface area contributed by atoms with Crippen LogP contribution in [0.5, 0.6) is 0 Å². The molecule has 2 aromatic carbocycles. The lowest BCUT2D eigenvalue weighted by Gasteiger charge is -2.23. The highest BCUT2D eigenvalue weighted by molar-refractivity contribution is 7.48. The van der Waals surface area contributed by atoms with E-state index in [2.05, 4.69) is 24.3 Å². The molecule has 25 heavy (non-hydrogen) atoms. The molecule has 2 aromatic rings. The number of hydrogen-bond acceptors (Lipinski definition) is 4. The quantitative estimate of drug-likeness (QED) is 0.713. The summed E-state index contributed by atoms with van der Waals surface area (Å²) in [6.45, 7) is 2.11. The summed E-state index contributed by atoms with van der Waals surface area (Å²) in [5, 5.41) is 0. The van der Waals surface area contributed by atoms with Crippen molar-refractivity contribution in [3.8, 4) is 0 Å². The van der Waals surface area contributed by atoms with E-state index in [4.69, 9.17) is 13.6 Å². The van der Waals surface area contributed by atoms with Crippen molar-refractivity contribution >= 4 is 7.82 Å². The molecule has 0 N–H and O–H groups in total. The summed E-state index contributed by atoms with van der Waals surface area (Å²) in [6, 6.07) is 16.5. The predicted octanol–water partition coefficient (Wildman–Crippen LogP) is 4.50. The highest BCUT2D eigenvalue weighted by Crippen LogP contribution is 2.54. The van der Waals surface area contributed by atoms with Gasteiger partial charge in [-0.2, -0.15) is 0 Å². The third-order valence-electron chi connectivity index (χ3n) is 4.87. The molecule has 2 aliphatic carbocycles. The summed E-state index contributed by atoms with van der Waals surface area (Å²) in [4.78, 5) is 0. The van der Waals surface area contributed by atoms with Gasteiger partial charge in [-0.15, -0.1) is 0 Å². The van der Waals surface area contributed by atoms with Crippen LogP contribution in [0.15, 0.2) is 48.5 Å². The fourth-order valence-corrected chi connectivity index (χ4v) is 5.31. The van der Waals surface area contributed by atoms with Crippen molar-refractivity contribution in [1.82, 2.24) is 0 Å². The Morgan fingerprint density at radius 1 is 0.800 bits per heavy atom. The van der Waals surface area contributed by atoms with Crippen molar-refractivity contribution in [2.75, 3.05) is 6.61 Å². The maximum Gasteiger partial charge on any atom is 0.475 e. The molecule has 0 radical (unpaired) electrons. The minimum atomic E-state index is -3.57. The first-order valence-corrected chi connectivity index (χ1v) is 10.4. The normalized spacial score (nSPS) is 17.6. The lowest BCUT2D eigenvalue weighted by molar-refractivity contribution is 0.0601. The van der Waals surface area contributed by atoms with E-state index in [1.165, 1.54) is 22.3 Å². The van der Waals surface area contributed by atoms with Gasteiger partial charge < -0.3 is 0 Å². The first-order valence-electron chi connectivity index (χ1n) is 8.90. The Kier molecular flexibility index (Phi) is 4.79. The fourth-order valence-electron chi connectivity index (χ4n) is 3.80. The molecule has 0 amide bonds. The summed E-state index contributed by atoms with van der Waals surface area (Å²) in [6.07, 6.45) is 2.70. The zero-order valence-corrected chi connectivity index (χ0v) is 15.3. The SMILES string of the molecule is CCOP(=O)(OC1Cc2ccccc2C1)OC1Cc2ccccc2C1. The molecule has 132 valence electrons. The molecule has 5 heteroatoms. The minimum Gasteiger partial charge on any atom is -0.287 e. The van der Waals surface area contributed by atoms with Gasteiger partial charge in [0, 0.05) is 0 Å². The Morgan fingerprint density at radius 2 is 1.16 bits per heavy atom. The van der Waals surface area contributed by atoms with E-state index in [0.717, 1.165) is 25.7 Å². The molecular weight excluding hydrogens is 335 g/mol. The van der Waals surface area contributed by atoms with E-state index >= 15 is 0 Å². The van der Waals surface area contributed by atoms with Crippen molar-refractivity contribution in [1.29, 1.82) is 0 Å². The van der Waals surface area contributed by atoms with Crippen LogP contribution in [-0.2, 0) is 43.8 Å². The summed E-state index contributed by atoms with van der Waals surface area (Å²) in [7, 11) is -3.57. The molecule has 2 aliphatic rings. The number of benzene rings is 2. The summed E-state index contributed by atoms with van der Waals surface area (Å²) in [5.41, 5.74) is 5.01. The topological polar surface area (TPSA) is 44.8 Å². The van der Waals surface area contributed by atoms with Gasteiger partial charge in [0.1, 0.15) is 0 Å². The minimum absolute atomic E-state index is 0.154. The molecule has 4 nitrogen and oxygen atoms in total. The van der Waals surface area contributed by atoms with E-state index in [-0.39, 0.29) is 12.2 Å². The molecule has 0 aliphatic heterocycles. The molecule has 0 bridgehead atoms. The molecule has 0 spiro atoms. The van der Waals surface area contributed by atoms with Gasteiger partial charge >= 0.3 is 7.82 Å². The first kappa shape index (κ1) is 17.0. The predicted molar refractivity (Wildman–Crippen MR) is 96.7 cm³/mol. The van der Waals surface area contributed by atoms with Crippen molar-refractivity contribution in [3.63, 3.8) is 0 Å². The van der Waals surface area contributed by atoms with Crippen LogP contribution >= 0.6 is 7.82 Å². The molecule has 0 fully saturated rings. The van der Waals surface area contributed by atoms with Crippen molar-refractivity contribution < 1.29 is 18.1 Å². The lowest BCUT2D eigenvalue weighted by atomic mass is 10.1. The number of rotatable bonds is 6. The number of phosphoric acid groups is 1. The van der Waals surface area contributed by atoms with Gasteiger partial charge in [0.2, 0.25) is 0 Å². The highest BCUT2D eigenvalue weighted by Gasteiger charge is 2.37. The van der Waals surface area contributed by atoms with Gasteiger partial charge in [-0.05, 0) is 54.9 Å². The Balaban J connectivity index is 1.43. The Bertz CT molecular complexity index is 692. The second kappa shape index (κ2) is 7.05. The molecule has 0 saturated carbocycles. The third kappa shape index (κ3) is 3.73. The molecule has 0 saturated heterocycles. The molecule has 4 rings (SSSR count). The molecule has 0 heterocycles. The van der Waals surface area contributed by atoms with Gasteiger partial charge in [0.15, 0.2) is 0 Å². The van der Waals surface area contributed by atoms with Crippen LogP contribution in [0, 0.1) is 0 Å². The van der Waals surface area contributed by atoms with Gasteiger partial charge in [0.25, 0.3) is 0 Å². The highest BCUT2D eigenvalue weighted by atomic mass is 31.2. The zero-order valence-electron chi connectivity index (χ0n) is 14.4. The Hall–Kier alpha value is -1.45. The maximum absolute atomic E-state index is 13.2. The average molecular weight is 358 g/mol. The molecule has 0 unspecified atom stereocenters. The summed E-state index contributed by atoms with van der Waals surface area (Å²) in [5.74, 6) is 0. The summed E-state index contributed by atoms with van der Waals surface area (Å²) >= 11 is 0. The van der Waals surface area contributed by atoms with Crippen LogP contribution in [0.1, 0.15) is 29.2 Å². The van der Waals surface area contributed by atoms with Crippen molar-refractivity contribution in [2.45, 2.75) is 44.8 Å². The van der Waals surface area contributed by atoms with Crippen LogP contribution in [0.2, 0.25) is 0 Å². The van der Waals surface area contributed by atoms with Crippen LogP contribution in [0.4, 0.5) is 0 Å². The van der Waals surface area contributed by atoms with Crippen LogP contribution in [0.25, 0.3) is 0 Å². The second-order valence-corrected chi connectivity index (χ2v) is 8.25. The second-order valence-electron chi connectivity index (χ2n) is 6.67. The van der Waals surface area contributed by atoms with E-state index in [9.17, 15) is 4.57 Å². The maximum atomic E-state index is 13.2. The smallest absolute Gasteiger partial charge is 0.287 e. The van der Waals surface area contributed by atoms with Gasteiger partial charge in [0.05, 0.1) is 18.8 Å². The van der Waals surface area contributed by atoms with Crippen molar-refractivity contribution in [3.05, 3.63) is 70.8 Å². The monoisotopic (exact) mass is 358 g/mol. The first-order chi connectivity index (χ1) is 12.1. The summed E-state index contributed by atoms with van der Waals surface area (Å²) < 4.78 is 30.4. The number of phosphoric ester groups is 1. The average Bonchev–Trinajstić information content (AvgIpc) is 3.16. The van der Waals surface area contributed by atoms with E-state index in [1.807, 2.05) is 31.2 Å². The van der Waals surface area contributed by atoms with Gasteiger partial charge in [-0.1, -0.05) is 48.5 Å². The fraction of sp³-hybridized carbons (Fsp3) is 0.400. The Morgan fingerprint density at radius 3 is 1.48 bits per heavy atom. The number of hydrogen-bond donors (Lipinski definition) is 0. The standard InChI is InChI=1S/C20H23O4P/c1-2-22-25(21,23-19-11-15-7-3-4-8-16(15)12-19)24-20-13-17-9-5-6-10-18(17)14-20/h3-10,19-20H,2,11-14H2,1H3. The lowest BCUT2D eigenvalue weighted by Crippen LogP contribution is -2.18. The van der Waals surface area contributed by atoms with Gasteiger partial charge in [-0.25, -0.2) is 4.57 Å². The molecule has 0 atom stereocenters. The van der Waals surface area contributed by atoms with Crippen LogP contribution < -0.4 is 0 Å². The third-order valence-corrected chi connectivity index (χ3v) is 6.56. The van der Waals surface area contributed by atoms with Crippen LogP contribution in [0.3, 0.4) is 0 Å². The van der Waals surface area contributed by atoms with E-state index < -0.39 is 7.82 Å². The Labute approximate surface area is 148 Å².